The van der Waals surface area contributed by atoms with Gasteiger partial charge in [0.15, 0.2) is 0 Å². The zero-order valence-corrected chi connectivity index (χ0v) is 22.9. The molecule has 0 radical (unpaired) electrons. The number of hydrogen-bond donors (Lipinski definition) is 4. The van der Waals surface area contributed by atoms with Crippen LogP contribution in [0.25, 0.3) is 16.8 Å². The molecule has 41 heavy (non-hydrogen) atoms. The number of likely N-dealkylation sites (tertiary alicyclic amines) is 1. The van der Waals surface area contributed by atoms with Crippen LogP contribution in [-0.4, -0.2) is 101 Å². The molecule has 0 aromatic carbocycles. The normalized spacial score (nSPS) is 16.1. The van der Waals surface area contributed by atoms with Gasteiger partial charge < -0.3 is 25.2 Å². The number of nitrogens with zero attached hydrogens (tertiary/aromatic N) is 6. The van der Waals surface area contributed by atoms with E-state index in [1.807, 2.05) is 29.7 Å². The molecule has 0 bridgehead atoms. The third kappa shape index (κ3) is 7.38. The van der Waals surface area contributed by atoms with Crippen molar-refractivity contribution in [2.75, 3.05) is 25.0 Å². The Morgan fingerprint density at radius 3 is 2.66 bits per heavy atom. The molecule has 0 aliphatic carbocycles. The highest BCUT2D eigenvalue weighted by Gasteiger charge is 2.36. The molecule has 3 amide bonds. The van der Waals surface area contributed by atoms with E-state index < -0.39 is 42.4 Å². The number of carbonyl (C=O) groups excluding carboxylic acids is 2. The van der Waals surface area contributed by atoms with Crippen molar-refractivity contribution in [3.63, 3.8) is 0 Å². The van der Waals surface area contributed by atoms with Gasteiger partial charge in [-0.3, -0.25) is 20.0 Å². The molecule has 1 aliphatic rings. The summed E-state index contributed by atoms with van der Waals surface area (Å²) < 4.78 is 6.78. The van der Waals surface area contributed by atoms with Crippen molar-refractivity contribution in [3.8, 4) is 11.3 Å². The molecular weight excluding hydrogens is 536 g/mol. The standard InChI is InChI=1S/C26H32N8O7/c1-26(2,3)41-24(38)31-22(23(36)37)33(25(39)40)15-21(35)32-9-6-7-16(14-32)29-20-13-27-12-18(30-20)17-11-28-34-10-5-4-8-19(17)34/h4-5,8,10-13,16,22H,6-7,9,14-15H2,1-3H3,(H,29,30)(H,31,38)(H,36,37)(H,39,40)/t16-,22?/m1/s1. The minimum atomic E-state index is -2.03. The molecular formula is C26H32N8O7. The summed E-state index contributed by atoms with van der Waals surface area (Å²) in [6, 6.07) is 5.49. The van der Waals surface area contributed by atoms with Crippen molar-refractivity contribution in [3.05, 3.63) is 43.0 Å². The first-order chi connectivity index (χ1) is 19.4. The van der Waals surface area contributed by atoms with E-state index in [4.69, 9.17) is 4.74 Å². The van der Waals surface area contributed by atoms with Crippen molar-refractivity contribution >= 4 is 35.4 Å². The first kappa shape index (κ1) is 29.0. The van der Waals surface area contributed by atoms with Gasteiger partial charge in [0.2, 0.25) is 12.1 Å². The third-order valence-corrected chi connectivity index (χ3v) is 6.21. The first-order valence-corrected chi connectivity index (χ1v) is 12.9. The van der Waals surface area contributed by atoms with Crippen LogP contribution in [0.3, 0.4) is 0 Å². The molecule has 2 atom stereocenters. The van der Waals surface area contributed by atoms with Gasteiger partial charge in [0, 0.05) is 30.9 Å². The minimum Gasteiger partial charge on any atom is -0.478 e. The van der Waals surface area contributed by atoms with Crippen LogP contribution in [0.1, 0.15) is 33.6 Å². The number of carbonyl (C=O) groups is 4. The highest BCUT2D eigenvalue weighted by molar-refractivity contribution is 5.87. The van der Waals surface area contributed by atoms with E-state index in [1.54, 1.807) is 43.9 Å². The molecule has 1 aliphatic heterocycles. The fourth-order valence-electron chi connectivity index (χ4n) is 4.44. The summed E-state index contributed by atoms with van der Waals surface area (Å²) in [5.74, 6) is -1.77. The SMILES string of the molecule is CC(C)(C)OC(=O)NC(C(=O)O)N(CC(=O)N1CCC[C@@H](Nc2cncc(-c3cnn4ccccc34)n2)C1)C(=O)O. The number of rotatable bonds is 8. The largest absolute Gasteiger partial charge is 0.478 e. The maximum atomic E-state index is 13.1. The minimum absolute atomic E-state index is 0.213. The lowest BCUT2D eigenvalue weighted by Crippen LogP contribution is -2.58. The number of alkyl carbamates (subject to hydrolysis) is 1. The van der Waals surface area contributed by atoms with Gasteiger partial charge in [-0.15, -0.1) is 0 Å². The maximum absolute atomic E-state index is 13.1. The summed E-state index contributed by atoms with van der Waals surface area (Å²) in [6.45, 7) is 4.52. The van der Waals surface area contributed by atoms with E-state index in [1.165, 1.54) is 4.90 Å². The number of ether oxygens (including phenoxy) is 1. The number of nitrogens with one attached hydrogen (secondary N) is 2. The lowest BCUT2D eigenvalue weighted by atomic mass is 10.1. The number of fused-ring (bicyclic) bond motifs is 1. The van der Waals surface area contributed by atoms with E-state index in [0.29, 0.717) is 35.8 Å². The Balaban J connectivity index is 1.42. The quantitative estimate of drug-likeness (QED) is 0.291. The second-order valence-electron chi connectivity index (χ2n) is 10.5. The van der Waals surface area contributed by atoms with E-state index in [9.17, 15) is 29.4 Å². The van der Waals surface area contributed by atoms with Gasteiger partial charge in [0.25, 0.3) is 0 Å². The highest BCUT2D eigenvalue weighted by atomic mass is 16.6. The highest BCUT2D eigenvalue weighted by Crippen LogP contribution is 2.24. The number of anilines is 1. The summed E-state index contributed by atoms with van der Waals surface area (Å²) in [4.78, 5) is 59.7. The zero-order valence-electron chi connectivity index (χ0n) is 22.9. The fourth-order valence-corrected chi connectivity index (χ4v) is 4.44. The summed E-state index contributed by atoms with van der Waals surface area (Å²) in [5, 5.41) is 28.9. The lowest BCUT2D eigenvalue weighted by molar-refractivity contribution is -0.145. The molecule has 15 nitrogen and oxygen atoms in total. The van der Waals surface area contributed by atoms with Crippen LogP contribution in [0.5, 0.6) is 0 Å². The van der Waals surface area contributed by atoms with Crippen molar-refractivity contribution in [1.29, 1.82) is 0 Å². The Morgan fingerprint density at radius 2 is 1.95 bits per heavy atom. The average molecular weight is 569 g/mol. The van der Waals surface area contributed by atoms with E-state index in [0.717, 1.165) is 11.1 Å². The van der Waals surface area contributed by atoms with Crippen LogP contribution in [-0.2, 0) is 14.3 Å². The van der Waals surface area contributed by atoms with Crippen LogP contribution in [0.2, 0.25) is 0 Å². The van der Waals surface area contributed by atoms with Gasteiger partial charge in [0.1, 0.15) is 18.0 Å². The Morgan fingerprint density at radius 1 is 1.17 bits per heavy atom. The van der Waals surface area contributed by atoms with Crippen molar-refractivity contribution < 1.29 is 34.1 Å². The van der Waals surface area contributed by atoms with Gasteiger partial charge >= 0.3 is 18.2 Å². The van der Waals surface area contributed by atoms with Crippen LogP contribution in [0, 0.1) is 0 Å². The molecule has 15 heteroatoms. The Labute approximate surface area is 235 Å². The van der Waals surface area contributed by atoms with Gasteiger partial charge in [-0.2, -0.15) is 5.10 Å². The van der Waals surface area contributed by atoms with E-state index in [-0.39, 0.29) is 12.6 Å². The Bertz CT molecular complexity index is 1440. The van der Waals surface area contributed by atoms with E-state index in [2.05, 4.69) is 20.4 Å². The maximum Gasteiger partial charge on any atom is 0.409 e. The predicted octanol–water partition coefficient (Wildman–Crippen LogP) is 2.11. The van der Waals surface area contributed by atoms with Crippen LogP contribution >= 0.6 is 0 Å². The van der Waals surface area contributed by atoms with Crippen LogP contribution in [0.15, 0.2) is 43.0 Å². The van der Waals surface area contributed by atoms with Crippen LogP contribution < -0.4 is 10.6 Å². The average Bonchev–Trinajstić information content (AvgIpc) is 3.34. The van der Waals surface area contributed by atoms with Gasteiger partial charge in [-0.1, -0.05) is 6.07 Å². The third-order valence-electron chi connectivity index (χ3n) is 6.21. The molecule has 0 spiro atoms. The number of piperidine rings is 1. The number of aliphatic carboxylic acids is 1. The molecule has 218 valence electrons. The number of carboxylic acids is 1. The topological polar surface area (TPSA) is 192 Å². The molecule has 4 N–H and O–H groups in total. The predicted molar refractivity (Wildman–Crippen MR) is 145 cm³/mol. The molecule has 1 unspecified atom stereocenters. The number of carboxylic acid groups (broad SMARTS) is 2. The van der Waals surface area contributed by atoms with Gasteiger partial charge in [-0.05, 0) is 45.7 Å². The second kappa shape index (κ2) is 12.1. The van der Waals surface area contributed by atoms with Crippen molar-refractivity contribution in [1.82, 2.24) is 34.7 Å². The zero-order chi connectivity index (χ0) is 29.7. The monoisotopic (exact) mass is 568 g/mol. The molecule has 3 aromatic rings. The Hall–Kier alpha value is -4.95. The summed E-state index contributed by atoms with van der Waals surface area (Å²) in [6.07, 6.45) is 3.25. The van der Waals surface area contributed by atoms with Gasteiger partial charge in [-0.25, -0.2) is 23.9 Å². The van der Waals surface area contributed by atoms with Crippen molar-refractivity contribution in [2.24, 2.45) is 0 Å². The molecule has 4 rings (SSSR count). The number of pyridine rings is 1. The molecule has 4 heterocycles. The number of hydrogen-bond acceptors (Lipinski definition) is 9. The van der Waals surface area contributed by atoms with Crippen molar-refractivity contribution in [2.45, 2.75) is 51.4 Å². The summed E-state index contributed by atoms with van der Waals surface area (Å²) in [7, 11) is 0. The fraction of sp³-hybridized carbons (Fsp3) is 0.423. The molecule has 0 saturated carbocycles. The second-order valence-corrected chi connectivity index (χ2v) is 10.5. The molecule has 3 aromatic heterocycles. The lowest BCUT2D eigenvalue weighted by Gasteiger charge is -2.35. The van der Waals surface area contributed by atoms with Gasteiger partial charge in [0.05, 0.1) is 29.8 Å². The van der Waals surface area contributed by atoms with Crippen LogP contribution in [0.4, 0.5) is 15.4 Å². The smallest absolute Gasteiger partial charge is 0.409 e. The van der Waals surface area contributed by atoms with E-state index >= 15 is 0 Å². The summed E-state index contributed by atoms with van der Waals surface area (Å²) in [5.41, 5.74) is 1.36. The number of aromatic nitrogens is 4. The Kier molecular flexibility index (Phi) is 8.54. The molecule has 1 saturated heterocycles. The first-order valence-electron chi connectivity index (χ1n) is 12.9. The summed E-state index contributed by atoms with van der Waals surface area (Å²) >= 11 is 0. The number of amides is 3. The molecule has 1 fully saturated rings.